The molecule has 1 N–H and O–H groups in total. The van der Waals surface area contributed by atoms with Gasteiger partial charge in [0.2, 0.25) is 0 Å². The molecule has 1 fully saturated rings. The van der Waals surface area contributed by atoms with Gasteiger partial charge in [-0.05, 0) is 46.5 Å². The number of aromatic nitrogens is 1. The van der Waals surface area contributed by atoms with Crippen LogP contribution in [0, 0.1) is 5.92 Å². The predicted octanol–water partition coefficient (Wildman–Crippen LogP) is 2.80. The number of ether oxygens (including phenoxy) is 1. The lowest BCUT2D eigenvalue weighted by molar-refractivity contribution is 0.0171. The summed E-state index contributed by atoms with van der Waals surface area (Å²) in [5.74, 6) is 0.561. The van der Waals surface area contributed by atoms with E-state index in [-0.39, 0.29) is 6.09 Å². The normalized spacial score (nSPS) is 18.3. The first-order valence-electron chi connectivity index (χ1n) is 7.93. The van der Waals surface area contributed by atoms with E-state index >= 15 is 0 Å². The number of nitrogens with zero attached hydrogens (tertiary/aromatic N) is 2. The van der Waals surface area contributed by atoms with E-state index < -0.39 is 5.60 Å². The zero-order valence-corrected chi connectivity index (χ0v) is 14.0. The van der Waals surface area contributed by atoms with Crippen molar-refractivity contribution in [2.75, 3.05) is 13.1 Å². The second-order valence-corrected chi connectivity index (χ2v) is 6.95. The standard InChI is InChI=1S/C16H27N3O3/c1-12(17-9-14-10-21-11-18-14)13-5-7-19(8-6-13)15(20)22-16(2,3)4/h10-13,17H,5-9H2,1-4H3. The Bertz CT molecular complexity index is 459. The van der Waals surface area contributed by atoms with Gasteiger partial charge in [0.25, 0.3) is 0 Å². The molecule has 2 rings (SSSR count). The number of carbonyl (C=O) groups is 1. The Morgan fingerprint density at radius 3 is 2.73 bits per heavy atom. The van der Waals surface area contributed by atoms with Gasteiger partial charge in [0.15, 0.2) is 6.39 Å². The summed E-state index contributed by atoms with van der Waals surface area (Å²) in [6, 6.07) is 0.387. The molecule has 22 heavy (non-hydrogen) atoms. The van der Waals surface area contributed by atoms with E-state index in [0.29, 0.717) is 18.5 Å². The lowest BCUT2D eigenvalue weighted by Crippen LogP contribution is -2.45. The van der Waals surface area contributed by atoms with Gasteiger partial charge in [-0.1, -0.05) is 0 Å². The molecule has 6 nitrogen and oxygen atoms in total. The molecule has 0 radical (unpaired) electrons. The quantitative estimate of drug-likeness (QED) is 0.926. The van der Waals surface area contributed by atoms with Crippen molar-refractivity contribution in [1.82, 2.24) is 15.2 Å². The van der Waals surface area contributed by atoms with Crippen LogP contribution in [0.1, 0.15) is 46.2 Å². The molecule has 1 aromatic heterocycles. The molecule has 1 saturated heterocycles. The highest BCUT2D eigenvalue weighted by molar-refractivity contribution is 5.68. The van der Waals surface area contributed by atoms with Crippen molar-refractivity contribution < 1.29 is 13.9 Å². The third kappa shape index (κ3) is 5.02. The highest BCUT2D eigenvalue weighted by Crippen LogP contribution is 2.22. The Kier molecular flexibility index (Phi) is 5.45. The summed E-state index contributed by atoms with van der Waals surface area (Å²) >= 11 is 0. The van der Waals surface area contributed by atoms with E-state index in [1.54, 1.807) is 6.26 Å². The number of carbonyl (C=O) groups excluding carboxylic acids is 1. The van der Waals surface area contributed by atoms with Crippen LogP contribution in [-0.4, -0.2) is 40.7 Å². The van der Waals surface area contributed by atoms with E-state index in [9.17, 15) is 4.79 Å². The van der Waals surface area contributed by atoms with Crippen LogP contribution < -0.4 is 5.32 Å². The largest absolute Gasteiger partial charge is 0.451 e. The molecule has 0 bridgehead atoms. The monoisotopic (exact) mass is 309 g/mol. The number of rotatable bonds is 4. The van der Waals surface area contributed by atoms with Gasteiger partial charge >= 0.3 is 6.09 Å². The van der Waals surface area contributed by atoms with Gasteiger partial charge in [-0.2, -0.15) is 0 Å². The molecule has 1 atom stereocenters. The highest BCUT2D eigenvalue weighted by atomic mass is 16.6. The highest BCUT2D eigenvalue weighted by Gasteiger charge is 2.28. The minimum Gasteiger partial charge on any atom is -0.451 e. The molecule has 0 aromatic carbocycles. The van der Waals surface area contributed by atoms with Gasteiger partial charge in [-0.25, -0.2) is 9.78 Å². The number of hydrogen-bond donors (Lipinski definition) is 1. The molecule has 2 heterocycles. The van der Waals surface area contributed by atoms with Crippen molar-refractivity contribution >= 4 is 6.09 Å². The summed E-state index contributed by atoms with van der Waals surface area (Å²) in [5.41, 5.74) is 0.485. The Morgan fingerprint density at radius 1 is 1.50 bits per heavy atom. The molecule has 1 aliphatic rings. The van der Waals surface area contributed by atoms with Crippen LogP contribution in [0.5, 0.6) is 0 Å². The predicted molar refractivity (Wildman–Crippen MR) is 83.3 cm³/mol. The fourth-order valence-corrected chi connectivity index (χ4v) is 2.67. The summed E-state index contributed by atoms with van der Waals surface area (Å²) in [4.78, 5) is 18.0. The Balaban J connectivity index is 1.73. The first kappa shape index (κ1) is 16.8. The van der Waals surface area contributed by atoms with Gasteiger partial charge in [-0.15, -0.1) is 0 Å². The van der Waals surface area contributed by atoms with Crippen molar-refractivity contribution in [2.24, 2.45) is 5.92 Å². The Morgan fingerprint density at radius 2 is 2.18 bits per heavy atom. The SMILES string of the molecule is CC(NCc1cocn1)C1CCN(C(=O)OC(C)(C)C)CC1. The van der Waals surface area contributed by atoms with Crippen molar-refractivity contribution in [3.8, 4) is 0 Å². The molecular formula is C16H27N3O3. The Labute approximate surface area is 132 Å². The zero-order valence-electron chi connectivity index (χ0n) is 14.0. The fraction of sp³-hybridized carbons (Fsp3) is 0.750. The molecule has 0 spiro atoms. The lowest BCUT2D eigenvalue weighted by atomic mass is 9.90. The third-order valence-electron chi connectivity index (χ3n) is 3.99. The number of oxazole rings is 1. The molecule has 124 valence electrons. The molecule has 0 aliphatic carbocycles. The summed E-state index contributed by atoms with van der Waals surface area (Å²) in [5, 5.41) is 3.48. The number of nitrogens with one attached hydrogen (secondary N) is 1. The van der Waals surface area contributed by atoms with Crippen molar-refractivity contribution in [1.29, 1.82) is 0 Å². The van der Waals surface area contributed by atoms with Crippen LogP contribution >= 0.6 is 0 Å². The first-order valence-corrected chi connectivity index (χ1v) is 7.93. The van der Waals surface area contributed by atoms with Gasteiger partial charge < -0.3 is 19.4 Å². The van der Waals surface area contributed by atoms with E-state index in [1.165, 1.54) is 6.39 Å². The average molecular weight is 309 g/mol. The van der Waals surface area contributed by atoms with Crippen LogP contribution in [0.15, 0.2) is 17.1 Å². The zero-order chi connectivity index (χ0) is 16.2. The summed E-state index contributed by atoms with van der Waals surface area (Å²) < 4.78 is 10.4. The van der Waals surface area contributed by atoms with Gasteiger partial charge in [0.05, 0.1) is 5.69 Å². The maximum Gasteiger partial charge on any atom is 0.410 e. The van der Waals surface area contributed by atoms with Gasteiger partial charge in [0, 0.05) is 25.7 Å². The first-order chi connectivity index (χ1) is 10.3. The molecule has 1 aromatic rings. The van der Waals surface area contributed by atoms with E-state index in [2.05, 4.69) is 17.2 Å². The number of likely N-dealkylation sites (tertiary alicyclic amines) is 1. The molecule has 1 aliphatic heterocycles. The minimum atomic E-state index is -0.430. The topological polar surface area (TPSA) is 67.6 Å². The van der Waals surface area contributed by atoms with Crippen LogP contribution in [0.25, 0.3) is 0 Å². The molecule has 1 amide bonds. The summed E-state index contributed by atoms with van der Waals surface area (Å²) in [6.07, 6.45) is 4.89. The molecule has 0 saturated carbocycles. The van der Waals surface area contributed by atoms with E-state index in [0.717, 1.165) is 31.6 Å². The number of piperidine rings is 1. The van der Waals surface area contributed by atoms with Crippen molar-refractivity contribution in [2.45, 2.75) is 58.7 Å². The van der Waals surface area contributed by atoms with Gasteiger partial charge in [0.1, 0.15) is 11.9 Å². The maximum atomic E-state index is 12.0. The van der Waals surface area contributed by atoms with Gasteiger partial charge in [-0.3, -0.25) is 0 Å². The van der Waals surface area contributed by atoms with Crippen molar-refractivity contribution in [3.63, 3.8) is 0 Å². The summed E-state index contributed by atoms with van der Waals surface area (Å²) in [6.45, 7) is 10.1. The van der Waals surface area contributed by atoms with Crippen LogP contribution in [0.3, 0.4) is 0 Å². The second-order valence-electron chi connectivity index (χ2n) is 6.95. The summed E-state index contributed by atoms with van der Waals surface area (Å²) in [7, 11) is 0. The smallest absolute Gasteiger partial charge is 0.410 e. The number of amides is 1. The second kappa shape index (κ2) is 7.13. The maximum absolute atomic E-state index is 12.0. The molecule has 6 heteroatoms. The van der Waals surface area contributed by atoms with Crippen LogP contribution in [0.4, 0.5) is 4.79 Å². The van der Waals surface area contributed by atoms with Crippen molar-refractivity contribution in [3.05, 3.63) is 18.4 Å². The fourth-order valence-electron chi connectivity index (χ4n) is 2.67. The van der Waals surface area contributed by atoms with Crippen LogP contribution in [-0.2, 0) is 11.3 Å². The van der Waals surface area contributed by atoms with E-state index in [4.69, 9.17) is 9.15 Å². The van der Waals surface area contributed by atoms with E-state index in [1.807, 2.05) is 25.7 Å². The Hall–Kier alpha value is -1.56. The average Bonchev–Trinajstić information content (AvgIpc) is 2.96. The lowest BCUT2D eigenvalue weighted by Gasteiger charge is -2.35. The van der Waals surface area contributed by atoms with Crippen LogP contribution in [0.2, 0.25) is 0 Å². The minimum absolute atomic E-state index is 0.200. The molecular weight excluding hydrogens is 282 g/mol. The number of hydrogen-bond acceptors (Lipinski definition) is 5. The molecule has 1 unspecified atom stereocenters. The third-order valence-corrected chi connectivity index (χ3v) is 3.99.